The molecule has 0 bridgehead atoms. The van der Waals surface area contributed by atoms with Crippen LogP contribution in [0.15, 0.2) is 4.99 Å². The molecular weight excluding hydrogens is 405 g/mol. The highest BCUT2D eigenvalue weighted by Gasteiger charge is 2.58. The number of guanidine groups is 1. The van der Waals surface area contributed by atoms with Crippen LogP contribution in [0.3, 0.4) is 0 Å². The molecule has 134 valence electrons. The largest absolute Gasteiger partial charge is 0.393 e. The number of aliphatic hydroxyl groups excluding tert-OH is 1. The minimum Gasteiger partial charge on any atom is -0.393 e. The predicted molar refractivity (Wildman–Crippen MR) is 103 cm³/mol. The number of nitrogens with zero attached hydrogens (tertiary/aromatic N) is 1. The SMILES string of the molecule is CN=C(NCC1CCCC1O)NC1C2CCCOC2C1(C)C.I. The van der Waals surface area contributed by atoms with Crippen molar-refractivity contribution in [2.45, 2.75) is 64.2 Å². The van der Waals surface area contributed by atoms with E-state index in [0.29, 0.717) is 24.0 Å². The Balaban J connectivity index is 0.00000192. The average Bonchev–Trinajstić information content (AvgIpc) is 2.92. The first-order chi connectivity index (χ1) is 10.5. The van der Waals surface area contributed by atoms with Gasteiger partial charge in [-0.3, -0.25) is 4.99 Å². The number of hydrogen-bond acceptors (Lipinski definition) is 3. The standard InChI is InChI=1S/C17H31N3O2.HI/c1-17(2)14(12-7-5-9-22-15(12)17)20-16(18-3)19-10-11-6-4-8-13(11)21;/h11-15,21H,4-10H2,1-3H3,(H2,18,19,20);1H. The molecule has 2 saturated carbocycles. The fourth-order valence-corrected chi connectivity index (χ4v) is 4.64. The molecule has 6 heteroatoms. The van der Waals surface area contributed by atoms with E-state index < -0.39 is 0 Å². The van der Waals surface area contributed by atoms with Gasteiger partial charge in [-0.1, -0.05) is 20.3 Å². The van der Waals surface area contributed by atoms with Crippen molar-refractivity contribution < 1.29 is 9.84 Å². The number of ether oxygens (including phenoxy) is 1. The molecule has 0 amide bonds. The van der Waals surface area contributed by atoms with E-state index in [9.17, 15) is 5.11 Å². The van der Waals surface area contributed by atoms with Gasteiger partial charge < -0.3 is 20.5 Å². The lowest BCUT2D eigenvalue weighted by atomic mass is 9.55. The smallest absolute Gasteiger partial charge is 0.191 e. The van der Waals surface area contributed by atoms with E-state index >= 15 is 0 Å². The Labute approximate surface area is 157 Å². The van der Waals surface area contributed by atoms with E-state index in [1.807, 2.05) is 7.05 Å². The Hall–Kier alpha value is -0.0800. The van der Waals surface area contributed by atoms with Crippen LogP contribution in [0.1, 0.15) is 46.0 Å². The van der Waals surface area contributed by atoms with E-state index in [1.54, 1.807) is 0 Å². The number of hydrogen-bond donors (Lipinski definition) is 3. The highest BCUT2D eigenvalue weighted by atomic mass is 127. The summed E-state index contributed by atoms with van der Waals surface area (Å²) in [5, 5.41) is 17.0. The van der Waals surface area contributed by atoms with Gasteiger partial charge in [-0.15, -0.1) is 24.0 Å². The van der Waals surface area contributed by atoms with E-state index in [4.69, 9.17) is 4.74 Å². The third-order valence-electron chi connectivity index (χ3n) is 6.00. The van der Waals surface area contributed by atoms with Gasteiger partial charge in [-0.25, -0.2) is 0 Å². The summed E-state index contributed by atoms with van der Waals surface area (Å²) in [5.41, 5.74) is 0.148. The van der Waals surface area contributed by atoms with Crippen molar-refractivity contribution >= 4 is 29.9 Å². The first-order valence-corrected chi connectivity index (χ1v) is 8.81. The zero-order chi connectivity index (χ0) is 15.7. The molecule has 3 aliphatic rings. The summed E-state index contributed by atoms with van der Waals surface area (Å²) in [6.45, 7) is 6.28. The highest BCUT2D eigenvalue weighted by Crippen LogP contribution is 2.51. The second-order valence-corrected chi connectivity index (χ2v) is 7.75. The maximum Gasteiger partial charge on any atom is 0.191 e. The predicted octanol–water partition coefficient (Wildman–Crippen LogP) is 2.13. The lowest BCUT2D eigenvalue weighted by Crippen LogP contribution is -2.71. The van der Waals surface area contributed by atoms with Crippen LogP contribution in [0.4, 0.5) is 0 Å². The monoisotopic (exact) mass is 437 g/mol. The zero-order valence-electron chi connectivity index (χ0n) is 14.5. The van der Waals surface area contributed by atoms with Crippen molar-refractivity contribution in [2.24, 2.45) is 22.2 Å². The van der Waals surface area contributed by atoms with Crippen molar-refractivity contribution in [3.05, 3.63) is 0 Å². The van der Waals surface area contributed by atoms with Crippen LogP contribution in [-0.4, -0.2) is 49.5 Å². The molecule has 1 saturated heterocycles. The van der Waals surface area contributed by atoms with Crippen LogP contribution >= 0.6 is 24.0 Å². The number of fused-ring (bicyclic) bond motifs is 1. The Morgan fingerprint density at radius 1 is 1.26 bits per heavy atom. The maximum absolute atomic E-state index is 9.93. The van der Waals surface area contributed by atoms with Crippen LogP contribution in [0.2, 0.25) is 0 Å². The first kappa shape index (κ1) is 19.2. The number of aliphatic hydroxyl groups is 1. The van der Waals surface area contributed by atoms with E-state index in [0.717, 1.165) is 44.8 Å². The van der Waals surface area contributed by atoms with E-state index in [1.165, 1.54) is 6.42 Å². The molecule has 0 radical (unpaired) electrons. The summed E-state index contributed by atoms with van der Waals surface area (Å²) >= 11 is 0. The Morgan fingerprint density at radius 2 is 2.04 bits per heavy atom. The van der Waals surface area contributed by atoms with Crippen molar-refractivity contribution in [2.75, 3.05) is 20.2 Å². The molecule has 3 rings (SSSR count). The zero-order valence-corrected chi connectivity index (χ0v) is 16.9. The van der Waals surface area contributed by atoms with Gasteiger partial charge in [0.2, 0.25) is 0 Å². The molecule has 0 aromatic carbocycles. The lowest BCUT2D eigenvalue weighted by molar-refractivity contribution is -0.188. The molecule has 3 N–H and O–H groups in total. The van der Waals surface area contributed by atoms with Crippen molar-refractivity contribution in [1.82, 2.24) is 10.6 Å². The molecular formula is C17H32IN3O2. The summed E-state index contributed by atoms with van der Waals surface area (Å²) in [6.07, 6.45) is 5.82. The molecule has 5 unspecified atom stereocenters. The van der Waals surface area contributed by atoms with E-state index in [2.05, 4.69) is 29.5 Å². The molecule has 3 fully saturated rings. The lowest BCUT2D eigenvalue weighted by Gasteiger charge is -2.60. The number of rotatable bonds is 3. The van der Waals surface area contributed by atoms with Gasteiger partial charge >= 0.3 is 0 Å². The number of aliphatic imine (C=N–C) groups is 1. The highest BCUT2D eigenvalue weighted by molar-refractivity contribution is 14.0. The minimum atomic E-state index is -0.151. The Morgan fingerprint density at radius 3 is 2.70 bits per heavy atom. The summed E-state index contributed by atoms with van der Waals surface area (Å²) in [7, 11) is 1.82. The molecule has 1 heterocycles. The van der Waals surface area contributed by atoms with Gasteiger partial charge in [0.05, 0.1) is 12.2 Å². The van der Waals surface area contributed by atoms with E-state index in [-0.39, 0.29) is 35.5 Å². The second kappa shape index (κ2) is 7.87. The quantitative estimate of drug-likeness (QED) is 0.360. The molecule has 1 aliphatic heterocycles. The van der Waals surface area contributed by atoms with Crippen LogP contribution in [-0.2, 0) is 4.74 Å². The summed E-state index contributed by atoms with van der Waals surface area (Å²) < 4.78 is 5.96. The maximum atomic E-state index is 9.93. The molecule has 5 atom stereocenters. The van der Waals surface area contributed by atoms with Crippen LogP contribution in [0.25, 0.3) is 0 Å². The summed E-state index contributed by atoms with van der Waals surface area (Å²) in [6, 6.07) is 0.414. The van der Waals surface area contributed by atoms with Gasteiger partial charge in [0.1, 0.15) is 0 Å². The third kappa shape index (κ3) is 3.79. The normalized spacial score (nSPS) is 39.0. The fourth-order valence-electron chi connectivity index (χ4n) is 4.64. The molecule has 0 aromatic heterocycles. The van der Waals surface area contributed by atoms with Gasteiger partial charge in [0, 0.05) is 43.5 Å². The first-order valence-electron chi connectivity index (χ1n) is 8.81. The van der Waals surface area contributed by atoms with Gasteiger partial charge in [-0.05, 0) is 25.7 Å². The van der Waals surface area contributed by atoms with Crippen molar-refractivity contribution in [3.8, 4) is 0 Å². The summed E-state index contributed by atoms with van der Waals surface area (Å²) in [4.78, 5) is 4.37. The van der Waals surface area contributed by atoms with Crippen LogP contribution in [0, 0.1) is 17.3 Å². The van der Waals surface area contributed by atoms with Crippen molar-refractivity contribution in [1.29, 1.82) is 0 Å². The Bertz CT molecular complexity index is 430. The molecule has 0 spiro atoms. The topological polar surface area (TPSA) is 65.9 Å². The summed E-state index contributed by atoms with van der Waals surface area (Å²) in [5.74, 6) is 1.82. The van der Waals surface area contributed by atoms with Crippen LogP contribution in [0.5, 0.6) is 0 Å². The average molecular weight is 437 g/mol. The number of halogens is 1. The molecule has 2 aliphatic carbocycles. The van der Waals surface area contributed by atoms with Crippen molar-refractivity contribution in [3.63, 3.8) is 0 Å². The molecule has 5 nitrogen and oxygen atoms in total. The minimum absolute atomic E-state index is 0. The third-order valence-corrected chi connectivity index (χ3v) is 6.00. The van der Waals surface area contributed by atoms with Gasteiger partial charge in [-0.2, -0.15) is 0 Å². The Kier molecular flexibility index (Phi) is 6.58. The van der Waals surface area contributed by atoms with Crippen LogP contribution < -0.4 is 10.6 Å². The fraction of sp³-hybridized carbons (Fsp3) is 0.941. The second-order valence-electron chi connectivity index (χ2n) is 7.75. The molecule has 0 aromatic rings. The van der Waals surface area contributed by atoms with Gasteiger partial charge in [0.25, 0.3) is 0 Å². The van der Waals surface area contributed by atoms with Gasteiger partial charge in [0.15, 0.2) is 5.96 Å². The molecule has 23 heavy (non-hydrogen) atoms. The number of nitrogens with one attached hydrogen (secondary N) is 2.